The van der Waals surface area contributed by atoms with Gasteiger partial charge in [-0.05, 0) is 55.9 Å². The van der Waals surface area contributed by atoms with Crippen LogP contribution in [0.4, 0.5) is 4.39 Å². The third kappa shape index (κ3) is 5.41. The Bertz CT molecular complexity index is 1060. The van der Waals surface area contributed by atoms with E-state index in [0.717, 1.165) is 31.1 Å². The van der Waals surface area contributed by atoms with E-state index in [-0.39, 0.29) is 46.8 Å². The van der Waals surface area contributed by atoms with Crippen molar-refractivity contribution in [3.05, 3.63) is 59.3 Å². The highest BCUT2D eigenvalue weighted by atomic mass is 35.5. The number of halogens is 2. The van der Waals surface area contributed by atoms with E-state index in [9.17, 15) is 14.0 Å². The molecule has 1 saturated carbocycles. The van der Waals surface area contributed by atoms with Crippen LogP contribution in [0.3, 0.4) is 0 Å². The molecule has 6 nitrogen and oxygen atoms in total. The van der Waals surface area contributed by atoms with Gasteiger partial charge in [0.15, 0.2) is 17.1 Å². The van der Waals surface area contributed by atoms with Crippen LogP contribution in [0.2, 0.25) is 5.02 Å². The molecule has 4 rings (SSSR count). The van der Waals surface area contributed by atoms with Gasteiger partial charge in [0.1, 0.15) is 18.2 Å². The van der Waals surface area contributed by atoms with Crippen molar-refractivity contribution < 1.29 is 23.1 Å². The first kappa shape index (κ1) is 21.3. The van der Waals surface area contributed by atoms with E-state index in [1.807, 2.05) is 0 Å². The number of Topliss-reactive ketones (excluding diaryl/α,β-unsaturated/α-hetero) is 1. The van der Waals surface area contributed by atoms with E-state index >= 15 is 0 Å². The van der Waals surface area contributed by atoms with Crippen LogP contribution in [0.25, 0.3) is 11.0 Å². The third-order valence-corrected chi connectivity index (χ3v) is 5.84. The molecule has 3 aromatic rings. The van der Waals surface area contributed by atoms with Crippen molar-refractivity contribution in [3.8, 4) is 5.75 Å². The fraction of sp³-hybridized carbons (Fsp3) is 0.348. The standard InChI is InChI=1S/C23H22ClFN2O4/c24-19-6-5-18(11-20(19)25)30-13-17(28)9-14-1-3-16(4-2-14)27-23(29)21-10-15-7-8-26-12-22(15)31-21/h5-8,10-12,14,16H,1-4,9,13H2,(H,27,29). The SMILES string of the molecule is O=C(COc1ccc(Cl)c(F)c1)CC1CCC(NC(=O)c2cc3ccncc3o2)CC1. The van der Waals surface area contributed by atoms with E-state index in [1.165, 1.54) is 18.2 Å². The maximum absolute atomic E-state index is 13.4. The number of furan rings is 1. The van der Waals surface area contributed by atoms with Crippen LogP contribution in [0.1, 0.15) is 42.7 Å². The van der Waals surface area contributed by atoms with Gasteiger partial charge in [0, 0.05) is 30.1 Å². The molecule has 162 valence electrons. The second kappa shape index (κ2) is 9.47. The van der Waals surface area contributed by atoms with Crippen molar-refractivity contribution in [1.82, 2.24) is 10.3 Å². The third-order valence-electron chi connectivity index (χ3n) is 5.54. The summed E-state index contributed by atoms with van der Waals surface area (Å²) in [6.07, 6.45) is 6.94. The molecule has 0 saturated heterocycles. The van der Waals surface area contributed by atoms with E-state index in [0.29, 0.717) is 12.0 Å². The summed E-state index contributed by atoms with van der Waals surface area (Å²) in [7, 11) is 0. The summed E-state index contributed by atoms with van der Waals surface area (Å²) < 4.78 is 24.4. The Labute approximate surface area is 183 Å². The van der Waals surface area contributed by atoms with Crippen LogP contribution in [-0.4, -0.2) is 29.3 Å². The van der Waals surface area contributed by atoms with Gasteiger partial charge in [0.2, 0.25) is 0 Å². The highest BCUT2D eigenvalue weighted by Gasteiger charge is 2.25. The molecule has 1 aliphatic carbocycles. The molecule has 2 heterocycles. The van der Waals surface area contributed by atoms with Gasteiger partial charge in [0.05, 0.1) is 11.2 Å². The van der Waals surface area contributed by atoms with Crippen molar-refractivity contribution in [1.29, 1.82) is 0 Å². The van der Waals surface area contributed by atoms with Crippen molar-refractivity contribution in [3.63, 3.8) is 0 Å². The summed E-state index contributed by atoms with van der Waals surface area (Å²) in [5.41, 5.74) is 0.582. The van der Waals surface area contributed by atoms with Gasteiger partial charge in [-0.25, -0.2) is 4.39 Å². The van der Waals surface area contributed by atoms with E-state index in [2.05, 4.69) is 10.3 Å². The molecule has 1 N–H and O–H groups in total. The number of ketones is 1. The average molecular weight is 445 g/mol. The zero-order chi connectivity index (χ0) is 21.8. The Hall–Kier alpha value is -2.93. The number of aromatic nitrogens is 1. The van der Waals surface area contributed by atoms with Gasteiger partial charge in [-0.1, -0.05) is 11.6 Å². The zero-order valence-corrected chi connectivity index (χ0v) is 17.5. The molecule has 1 aliphatic rings. The Morgan fingerprint density at radius 1 is 1.19 bits per heavy atom. The number of ether oxygens (including phenoxy) is 1. The lowest BCUT2D eigenvalue weighted by Crippen LogP contribution is -2.37. The minimum Gasteiger partial charge on any atom is -0.486 e. The second-order valence-corrected chi connectivity index (χ2v) is 8.23. The number of carbonyl (C=O) groups excluding carboxylic acids is 2. The maximum Gasteiger partial charge on any atom is 0.287 e. The first-order chi connectivity index (χ1) is 15.0. The Morgan fingerprint density at radius 2 is 2.00 bits per heavy atom. The van der Waals surface area contributed by atoms with Crippen molar-refractivity contribution in [2.24, 2.45) is 5.92 Å². The van der Waals surface area contributed by atoms with Crippen LogP contribution < -0.4 is 10.1 Å². The molecule has 1 aromatic carbocycles. The fourth-order valence-corrected chi connectivity index (χ4v) is 3.99. The predicted molar refractivity (Wildman–Crippen MR) is 114 cm³/mol. The maximum atomic E-state index is 13.4. The summed E-state index contributed by atoms with van der Waals surface area (Å²) in [4.78, 5) is 28.7. The zero-order valence-electron chi connectivity index (χ0n) is 16.8. The topological polar surface area (TPSA) is 81.4 Å². The molecule has 1 fully saturated rings. The Balaban J connectivity index is 1.20. The van der Waals surface area contributed by atoms with E-state index < -0.39 is 5.82 Å². The first-order valence-corrected chi connectivity index (χ1v) is 10.6. The number of benzene rings is 1. The molecule has 0 radical (unpaired) electrons. The molecular formula is C23H22ClFN2O4. The number of pyridine rings is 1. The van der Waals surface area contributed by atoms with Crippen molar-refractivity contribution in [2.75, 3.05) is 6.61 Å². The highest BCUT2D eigenvalue weighted by molar-refractivity contribution is 6.30. The second-order valence-electron chi connectivity index (χ2n) is 7.82. The summed E-state index contributed by atoms with van der Waals surface area (Å²) in [5, 5.41) is 3.87. The number of carbonyl (C=O) groups is 2. The van der Waals surface area contributed by atoms with Gasteiger partial charge >= 0.3 is 0 Å². The lowest BCUT2D eigenvalue weighted by molar-refractivity contribution is -0.122. The number of nitrogens with one attached hydrogen (secondary N) is 1. The number of hydrogen-bond donors (Lipinski definition) is 1. The van der Waals surface area contributed by atoms with Gasteiger partial charge < -0.3 is 14.5 Å². The quantitative estimate of drug-likeness (QED) is 0.557. The molecular weight excluding hydrogens is 423 g/mol. The normalized spacial score (nSPS) is 18.6. The molecule has 0 bridgehead atoms. The van der Waals surface area contributed by atoms with Gasteiger partial charge in [-0.3, -0.25) is 14.6 Å². The van der Waals surface area contributed by atoms with E-state index in [4.69, 9.17) is 20.8 Å². The van der Waals surface area contributed by atoms with Gasteiger partial charge in [0.25, 0.3) is 5.91 Å². The smallest absolute Gasteiger partial charge is 0.287 e. The number of hydrogen-bond acceptors (Lipinski definition) is 5. The lowest BCUT2D eigenvalue weighted by atomic mass is 9.83. The van der Waals surface area contributed by atoms with Crippen LogP contribution in [0.15, 0.2) is 47.1 Å². The predicted octanol–water partition coefficient (Wildman–Crippen LogP) is 4.95. The number of fused-ring (bicyclic) bond motifs is 1. The minimum atomic E-state index is -0.578. The first-order valence-electron chi connectivity index (χ1n) is 10.2. The molecule has 1 amide bonds. The van der Waals surface area contributed by atoms with E-state index in [1.54, 1.807) is 24.5 Å². The summed E-state index contributed by atoms with van der Waals surface area (Å²) >= 11 is 5.64. The Morgan fingerprint density at radius 3 is 2.74 bits per heavy atom. The highest BCUT2D eigenvalue weighted by Crippen LogP contribution is 2.28. The lowest BCUT2D eigenvalue weighted by Gasteiger charge is -2.28. The monoisotopic (exact) mass is 444 g/mol. The van der Waals surface area contributed by atoms with Gasteiger partial charge in [-0.2, -0.15) is 0 Å². The summed E-state index contributed by atoms with van der Waals surface area (Å²) in [5.74, 6) is -0.0352. The number of amides is 1. The number of nitrogens with zero attached hydrogens (tertiary/aromatic N) is 1. The summed E-state index contributed by atoms with van der Waals surface area (Å²) in [6.45, 7) is -0.0986. The van der Waals surface area contributed by atoms with Crippen LogP contribution >= 0.6 is 11.6 Å². The van der Waals surface area contributed by atoms with Crippen LogP contribution in [0.5, 0.6) is 5.75 Å². The molecule has 8 heteroatoms. The molecule has 2 aromatic heterocycles. The van der Waals surface area contributed by atoms with Crippen molar-refractivity contribution in [2.45, 2.75) is 38.1 Å². The van der Waals surface area contributed by atoms with Crippen LogP contribution in [0, 0.1) is 11.7 Å². The number of rotatable bonds is 7. The fourth-order valence-electron chi connectivity index (χ4n) is 3.88. The molecule has 31 heavy (non-hydrogen) atoms. The molecule has 0 aliphatic heterocycles. The van der Waals surface area contributed by atoms with Crippen LogP contribution in [-0.2, 0) is 4.79 Å². The molecule has 0 unspecified atom stereocenters. The van der Waals surface area contributed by atoms with Gasteiger partial charge in [-0.15, -0.1) is 0 Å². The average Bonchev–Trinajstić information content (AvgIpc) is 3.20. The molecule has 0 spiro atoms. The minimum absolute atomic E-state index is 0.0138. The van der Waals surface area contributed by atoms with Crippen molar-refractivity contribution >= 4 is 34.3 Å². The molecule has 0 atom stereocenters. The Kier molecular flexibility index (Phi) is 6.51. The summed E-state index contributed by atoms with van der Waals surface area (Å²) in [6, 6.07) is 7.66. The largest absolute Gasteiger partial charge is 0.486 e.